The molecule has 0 unspecified atom stereocenters. The molecule has 2 aromatic carbocycles. The summed E-state index contributed by atoms with van der Waals surface area (Å²) in [6, 6.07) is 9.31. The molecule has 0 aromatic heterocycles. The van der Waals surface area contributed by atoms with Crippen LogP contribution in [0.5, 0.6) is 17.2 Å². The Hall–Kier alpha value is -3.55. The monoisotopic (exact) mass is 402 g/mol. The predicted molar refractivity (Wildman–Crippen MR) is 103 cm³/mol. The highest BCUT2D eigenvalue weighted by molar-refractivity contribution is 5.96. The van der Waals surface area contributed by atoms with Gasteiger partial charge in [-0.3, -0.25) is 4.79 Å². The Kier molecular flexibility index (Phi) is 7.59. The highest BCUT2D eigenvalue weighted by Gasteiger charge is 2.16. The molecule has 2 aromatic rings. The maximum atomic E-state index is 12.3. The smallest absolute Gasteiger partial charge is 0.338 e. The van der Waals surface area contributed by atoms with Crippen LogP contribution in [0.15, 0.2) is 36.4 Å². The van der Waals surface area contributed by atoms with E-state index < -0.39 is 17.9 Å². The summed E-state index contributed by atoms with van der Waals surface area (Å²) in [5.74, 6) is -0.666. The minimum atomic E-state index is -0.668. The lowest BCUT2D eigenvalue weighted by atomic mass is 10.1. The molecule has 29 heavy (non-hydrogen) atoms. The second kappa shape index (κ2) is 10.1. The summed E-state index contributed by atoms with van der Waals surface area (Å²) in [4.78, 5) is 35.9. The fraction of sp³-hybridized carbons (Fsp3) is 0.286. The first kappa shape index (κ1) is 21.7. The number of carbonyl (C=O) groups excluding carboxylic acids is 3. The van der Waals surface area contributed by atoms with E-state index in [0.29, 0.717) is 17.9 Å². The number of methoxy groups -OCH3 is 4. The average Bonchev–Trinajstić information content (AvgIpc) is 2.75. The Morgan fingerprint density at radius 3 is 1.86 bits per heavy atom. The molecular weight excluding hydrogens is 380 g/mol. The van der Waals surface area contributed by atoms with Crippen molar-refractivity contribution in [2.45, 2.75) is 12.8 Å². The van der Waals surface area contributed by atoms with E-state index in [1.807, 2.05) is 6.07 Å². The van der Waals surface area contributed by atoms with Crippen LogP contribution in [-0.4, -0.2) is 46.3 Å². The Balaban J connectivity index is 2.11. The van der Waals surface area contributed by atoms with Crippen molar-refractivity contribution >= 4 is 17.9 Å². The molecule has 0 amide bonds. The first-order valence-corrected chi connectivity index (χ1v) is 8.65. The second-order valence-electron chi connectivity index (χ2n) is 5.89. The summed E-state index contributed by atoms with van der Waals surface area (Å²) in [6.45, 7) is 0. The van der Waals surface area contributed by atoms with Gasteiger partial charge in [0.05, 0.1) is 39.6 Å². The third kappa shape index (κ3) is 5.71. The quantitative estimate of drug-likeness (QED) is 0.491. The molecule has 154 valence electrons. The van der Waals surface area contributed by atoms with Crippen molar-refractivity contribution in [2.24, 2.45) is 0 Å². The summed E-state index contributed by atoms with van der Waals surface area (Å²) in [6.07, 6.45) is 0.477. The molecule has 0 heterocycles. The fourth-order valence-corrected chi connectivity index (χ4v) is 2.59. The number of rotatable bonds is 8. The Morgan fingerprint density at radius 2 is 1.34 bits per heavy atom. The number of ether oxygens (including phenoxy) is 5. The first-order valence-electron chi connectivity index (χ1n) is 8.65. The van der Waals surface area contributed by atoms with Crippen molar-refractivity contribution in [1.29, 1.82) is 0 Å². The van der Waals surface area contributed by atoms with Crippen LogP contribution >= 0.6 is 0 Å². The molecular formula is C21H22O8. The van der Waals surface area contributed by atoms with E-state index in [0.717, 1.165) is 5.56 Å². The normalized spacial score (nSPS) is 10.1. The molecule has 0 saturated carbocycles. The van der Waals surface area contributed by atoms with Crippen molar-refractivity contribution < 1.29 is 38.1 Å². The molecule has 0 aliphatic carbocycles. The number of hydrogen-bond acceptors (Lipinski definition) is 8. The van der Waals surface area contributed by atoms with Gasteiger partial charge in [0.2, 0.25) is 0 Å². The van der Waals surface area contributed by atoms with Gasteiger partial charge in [-0.05, 0) is 42.3 Å². The molecule has 0 aliphatic heterocycles. The predicted octanol–water partition coefficient (Wildman–Crippen LogP) is 2.82. The topological polar surface area (TPSA) is 97.4 Å². The van der Waals surface area contributed by atoms with Crippen molar-refractivity contribution in [3.63, 3.8) is 0 Å². The van der Waals surface area contributed by atoms with Gasteiger partial charge in [-0.15, -0.1) is 0 Å². The van der Waals surface area contributed by atoms with E-state index in [1.165, 1.54) is 39.5 Å². The maximum Gasteiger partial charge on any atom is 0.338 e. The third-order valence-electron chi connectivity index (χ3n) is 4.05. The maximum absolute atomic E-state index is 12.3. The van der Waals surface area contributed by atoms with E-state index in [2.05, 4.69) is 9.47 Å². The minimum absolute atomic E-state index is 0.0469. The van der Waals surface area contributed by atoms with Gasteiger partial charge >= 0.3 is 17.9 Å². The van der Waals surface area contributed by atoms with Gasteiger partial charge in [0.25, 0.3) is 0 Å². The van der Waals surface area contributed by atoms with Crippen LogP contribution in [0.4, 0.5) is 0 Å². The highest BCUT2D eigenvalue weighted by Crippen LogP contribution is 2.28. The molecule has 0 aliphatic rings. The molecule has 0 fully saturated rings. The lowest BCUT2D eigenvalue weighted by Gasteiger charge is -2.10. The summed E-state index contributed by atoms with van der Waals surface area (Å²) in [5.41, 5.74) is 0.995. The number of aryl methyl sites for hydroxylation is 1. The molecule has 2 rings (SSSR count). The van der Waals surface area contributed by atoms with Crippen LogP contribution < -0.4 is 14.2 Å². The second-order valence-corrected chi connectivity index (χ2v) is 5.89. The largest absolute Gasteiger partial charge is 0.493 e. The van der Waals surface area contributed by atoms with E-state index in [9.17, 15) is 14.4 Å². The van der Waals surface area contributed by atoms with Gasteiger partial charge in [0, 0.05) is 6.42 Å². The van der Waals surface area contributed by atoms with Crippen LogP contribution in [0.2, 0.25) is 0 Å². The molecule has 0 spiro atoms. The number of benzene rings is 2. The summed E-state index contributed by atoms with van der Waals surface area (Å²) >= 11 is 0. The van der Waals surface area contributed by atoms with Crippen molar-refractivity contribution in [3.05, 3.63) is 53.1 Å². The van der Waals surface area contributed by atoms with Crippen LogP contribution in [0.3, 0.4) is 0 Å². The number of hydrogen-bond donors (Lipinski definition) is 0. The highest BCUT2D eigenvalue weighted by atomic mass is 16.5. The van der Waals surface area contributed by atoms with Crippen molar-refractivity contribution in [1.82, 2.24) is 0 Å². The average molecular weight is 402 g/mol. The lowest BCUT2D eigenvalue weighted by Crippen LogP contribution is -2.12. The molecule has 0 bridgehead atoms. The van der Waals surface area contributed by atoms with Crippen LogP contribution in [0.1, 0.15) is 32.7 Å². The van der Waals surface area contributed by atoms with Gasteiger partial charge in [-0.1, -0.05) is 6.07 Å². The SMILES string of the molecule is COC(=O)c1cc(OC(=O)CCc2ccc(OC)c(OC)c2)cc(C(=O)OC)c1. The molecule has 8 heteroatoms. The summed E-state index contributed by atoms with van der Waals surface area (Å²) < 4.78 is 25.0. The molecule has 0 saturated heterocycles. The van der Waals surface area contributed by atoms with Crippen LogP contribution in [0.25, 0.3) is 0 Å². The standard InChI is InChI=1S/C21H22O8/c1-25-17-7-5-13(9-18(17)26-2)6-8-19(22)29-16-11-14(20(23)27-3)10-15(12-16)21(24)28-4/h5,7,9-12H,6,8H2,1-4H3. The zero-order chi connectivity index (χ0) is 21.4. The van der Waals surface area contributed by atoms with E-state index in [1.54, 1.807) is 19.2 Å². The Labute approximate surface area is 168 Å². The molecule has 0 radical (unpaired) electrons. The Bertz CT molecular complexity index is 869. The van der Waals surface area contributed by atoms with E-state index in [-0.39, 0.29) is 23.3 Å². The molecule has 8 nitrogen and oxygen atoms in total. The number of carbonyl (C=O) groups is 3. The lowest BCUT2D eigenvalue weighted by molar-refractivity contribution is -0.134. The summed E-state index contributed by atoms with van der Waals surface area (Å²) in [5, 5.41) is 0. The molecule has 0 N–H and O–H groups in total. The number of esters is 3. The molecule has 0 atom stereocenters. The fourth-order valence-electron chi connectivity index (χ4n) is 2.59. The van der Waals surface area contributed by atoms with Gasteiger partial charge < -0.3 is 23.7 Å². The van der Waals surface area contributed by atoms with Gasteiger partial charge in [-0.2, -0.15) is 0 Å². The zero-order valence-electron chi connectivity index (χ0n) is 16.6. The van der Waals surface area contributed by atoms with E-state index in [4.69, 9.17) is 14.2 Å². The first-order chi connectivity index (χ1) is 13.9. The van der Waals surface area contributed by atoms with Crippen molar-refractivity contribution in [3.8, 4) is 17.2 Å². The third-order valence-corrected chi connectivity index (χ3v) is 4.05. The van der Waals surface area contributed by atoms with Crippen LogP contribution in [-0.2, 0) is 20.7 Å². The summed E-state index contributed by atoms with van der Waals surface area (Å²) in [7, 11) is 5.49. The van der Waals surface area contributed by atoms with Crippen LogP contribution in [0, 0.1) is 0 Å². The van der Waals surface area contributed by atoms with Gasteiger partial charge in [0.15, 0.2) is 11.5 Å². The van der Waals surface area contributed by atoms with E-state index >= 15 is 0 Å². The van der Waals surface area contributed by atoms with Gasteiger partial charge in [0.1, 0.15) is 5.75 Å². The minimum Gasteiger partial charge on any atom is -0.493 e. The van der Waals surface area contributed by atoms with Gasteiger partial charge in [-0.25, -0.2) is 9.59 Å². The Morgan fingerprint density at radius 1 is 0.759 bits per heavy atom. The zero-order valence-corrected chi connectivity index (χ0v) is 16.6. The van der Waals surface area contributed by atoms with Crippen molar-refractivity contribution in [2.75, 3.05) is 28.4 Å².